The fourth-order valence-electron chi connectivity index (χ4n) is 1.51. The smallest absolute Gasteiger partial charge is 0.240 e. The van der Waals surface area contributed by atoms with Crippen LogP contribution in [-0.4, -0.2) is 44.8 Å². The molecule has 0 bridgehead atoms. The molecule has 0 radical (unpaired) electrons. The maximum Gasteiger partial charge on any atom is 0.240 e. The maximum absolute atomic E-state index is 12.1. The third kappa shape index (κ3) is 4.82. The van der Waals surface area contributed by atoms with Gasteiger partial charge in [-0.1, -0.05) is 11.6 Å². The van der Waals surface area contributed by atoms with Crippen molar-refractivity contribution in [3.8, 4) is 5.75 Å². The van der Waals surface area contributed by atoms with Gasteiger partial charge in [-0.2, -0.15) is 11.8 Å². The van der Waals surface area contributed by atoms with Gasteiger partial charge in [0.15, 0.2) is 0 Å². The monoisotopic (exact) mass is 339 g/mol. The second-order valence-corrected chi connectivity index (χ2v) is 7.59. The lowest BCUT2D eigenvalue weighted by molar-refractivity contribution is 0.0908. The summed E-state index contributed by atoms with van der Waals surface area (Å²) in [4.78, 5) is 0.0308. The van der Waals surface area contributed by atoms with Crippen LogP contribution in [0, 0.1) is 0 Å². The molecule has 0 aliphatic carbocycles. The minimum absolute atomic E-state index is 0.0308. The lowest BCUT2D eigenvalue weighted by Crippen LogP contribution is -2.42. The predicted molar refractivity (Wildman–Crippen MR) is 82.2 cm³/mol. The second kappa shape index (κ2) is 7.00. The van der Waals surface area contributed by atoms with Gasteiger partial charge < -0.3 is 9.84 Å². The molecule has 114 valence electrons. The van der Waals surface area contributed by atoms with Gasteiger partial charge in [0.05, 0.1) is 22.6 Å². The highest BCUT2D eigenvalue weighted by Crippen LogP contribution is 2.26. The first-order valence-corrected chi connectivity index (χ1v) is 9.02. The van der Waals surface area contributed by atoms with Crippen molar-refractivity contribution in [1.29, 1.82) is 0 Å². The molecular weight excluding hydrogens is 322 g/mol. The van der Waals surface area contributed by atoms with E-state index in [1.165, 1.54) is 37.1 Å². The Balaban J connectivity index is 2.87. The number of sulfonamides is 1. The van der Waals surface area contributed by atoms with E-state index in [-0.39, 0.29) is 16.5 Å². The Morgan fingerprint density at radius 2 is 2.15 bits per heavy atom. The molecule has 8 heteroatoms. The van der Waals surface area contributed by atoms with E-state index < -0.39 is 15.6 Å². The average Bonchev–Trinajstić information content (AvgIpc) is 2.36. The second-order valence-electron chi connectivity index (χ2n) is 4.55. The number of nitrogens with one attached hydrogen (secondary N) is 1. The summed E-state index contributed by atoms with van der Waals surface area (Å²) in [5, 5.41) is 10.2. The molecule has 0 aromatic heterocycles. The van der Waals surface area contributed by atoms with Crippen LogP contribution >= 0.6 is 23.4 Å². The van der Waals surface area contributed by atoms with E-state index >= 15 is 0 Å². The van der Waals surface area contributed by atoms with E-state index in [1.807, 2.05) is 6.26 Å². The van der Waals surface area contributed by atoms with Gasteiger partial charge in [0.1, 0.15) is 5.75 Å². The van der Waals surface area contributed by atoms with Crippen molar-refractivity contribution >= 4 is 33.4 Å². The molecule has 1 aromatic carbocycles. The van der Waals surface area contributed by atoms with E-state index in [4.69, 9.17) is 16.3 Å². The summed E-state index contributed by atoms with van der Waals surface area (Å²) in [6, 6.07) is 4.19. The zero-order valence-electron chi connectivity index (χ0n) is 11.5. The summed E-state index contributed by atoms with van der Waals surface area (Å²) in [5.74, 6) is 0.832. The fraction of sp³-hybridized carbons (Fsp3) is 0.500. The number of rotatable bonds is 7. The highest BCUT2D eigenvalue weighted by atomic mass is 35.5. The first kappa shape index (κ1) is 17.6. The number of benzene rings is 1. The predicted octanol–water partition coefficient (Wildman–Crippen LogP) is 1.74. The van der Waals surface area contributed by atoms with Crippen molar-refractivity contribution in [3.05, 3.63) is 23.2 Å². The quantitative estimate of drug-likeness (QED) is 0.791. The molecule has 0 aliphatic heterocycles. The molecule has 1 aromatic rings. The number of aliphatic hydroxyl groups is 1. The lowest BCUT2D eigenvalue weighted by Gasteiger charge is -2.22. The van der Waals surface area contributed by atoms with Gasteiger partial charge in [-0.25, -0.2) is 13.1 Å². The van der Waals surface area contributed by atoms with Crippen molar-refractivity contribution in [2.24, 2.45) is 0 Å². The van der Waals surface area contributed by atoms with Crippen LogP contribution in [0.1, 0.15) is 6.92 Å². The topological polar surface area (TPSA) is 75.6 Å². The van der Waals surface area contributed by atoms with Gasteiger partial charge in [-0.05, 0) is 31.4 Å². The normalized spacial score (nSPS) is 14.8. The van der Waals surface area contributed by atoms with Crippen LogP contribution in [0.5, 0.6) is 5.75 Å². The number of ether oxygens (including phenoxy) is 1. The van der Waals surface area contributed by atoms with E-state index in [2.05, 4.69) is 4.72 Å². The van der Waals surface area contributed by atoms with E-state index in [9.17, 15) is 13.5 Å². The van der Waals surface area contributed by atoms with Crippen LogP contribution in [-0.2, 0) is 10.0 Å². The number of methoxy groups -OCH3 is 1. The Morgan fingerprint density at radius 1 is 1.50 bits per heavy atom. The summed E-state index contributed by atoms with van der Waals surface area (Å²) in [5.41, 5.74) is -1.11. The molecule has 0 fully saturated rings. The van der Waals surface area contributed by atoms with Gasteiger partial charge in [0.2, 0.25) is 10.0 Å². The van der Waals surface area contributed by atoms with Gasteiger partial charge in [0, 0.05) is 12.3 Å². The largest absolute Gasteiger partial charge is 0.495 e. The molecule has 1 unspecified atom stereocenters. The molecule has 0 saturated carbocycles. The van der Waals surface area contributed by atoms with Crippen molar-refractivity contribution in [1.82, 2.24) is 4.72 Å². The van der Waals surface area contributed by atoms with Crippen molar-refractivity contribution < 1.29 is 18.3 Å². The van der Waals surface area contributed by atoms with Gasteiger partial charge >= 0.3 is 0 Å². The Bertz CT molecular complexity index is 561. The third-order valence-electron chi connectivity index (χ3n) is 2.53. The van der Waals surface area contributed by atoms with Crippen LogP contribution in [0.3, 0.4) is 0 Å². The maximum atomic E-state index is 12.1. The fourth-order valence-corrected chi connectivity index (χ4v) is 3.74. The van der Waals surface area contributed by atoms with Gasteiger partial charge in [0.25, 0.3) is 0 Å². The minimum atomic E-state index is -3.72. The van der Waals surface area contributed by atoms with Gasteiger partial charge in [-0.15, -0.1) is 0 Å². The Kier molecular flexibility index (Phi) is 6.15. The van der Waals surface area contributed by atoms with Crippen molar-refractivity contribution in [3.63, 3.8) is 0 Å². The van der Waals surface area contributed by atoms with E-state index in [1.54, 1.807) is 6.92 Å². The Labute approximate surface area is 128 Å². The first-order chi connectivity index (χ1) is 9.22. The minimum Gasteiger partial charge on any atom is -0.495 e. The molecule has 0 amide bonds. The zero-order chi connectivity index (χ0) is 15.4. The molecule has 5 nitrogen and oxygen atoms in total. The molecule has 0 aliphatic rings. The molecule has 0 spiro atoms. The van der Waals surface area contributed by atoms with Crippen molar-refractivity contribution in [2.45, 2.75) is 17.4 Å². The highest BCUT2D eigenvalue weighted by molar-refractivity contribution is 7.98. The highest BCUT2D eigenvalue weighted by Gasteiger charge is 2.24. The molecule has 2 N–H and O–H groups in total. The molecule has 1 atom stereocenters. The molecule has 0 saturated heterocycles. The molecule has 1 rings (SSSR count). The Hall–Kier alpha value is -0.470. The van der Waals surface area contributed by atoms with Gasteiger partial charge in [-0.3, -0.25) is 0 Å². The standard InChI is InChI=1S/C12H18ClNO4S2/c1-12(15,8-19-3)7-14-20(16,17)9-4-5-11(18-2)10(13)6-9/h4-6,14-15H,7-8H2,1-3H3. The van der Waals surface area contributed by atoms with Crippen LogP contribution in [0.4, 0.5) is 0 Å². The average molecular weight is 340 g/mol. The van der Waals surface area contributed by atoms with Crippen LogP contribution in [0.15, 0.2) is 23.1 Å². The molecular formula is C12H18ClNO4S2. The number of hydrogen-bond donors (Lipinski definition) is 2. The number of halogens is 1. The summed E-state index contributed by atoms with van der Waals surface area (Å²) < 4.78 is 31.6. The summed E-state index contributed by atoms with van der Waals surface area (Å²) in [6.07, 6.45) is 1.84. The molecule has 20 heavy (non-hydrogen) atoms. The summed E-state index contributed by atoms with van der Waals surface area (Å²) in [6.45, 7) is 1.51. The summed E-state index contributed by atoms with van der Waals surface area (Å²) in [7, 11) is -2.27. The molecule has 0 heterocycles. The van der Waals surface area contributed by atoms with E-state index in [0.717, 1.165) is 0 Å². The summed E-state index contributed by atoms with van der Waals surface area (Å²) >= 11 is 7.35. The lowest BCUT2D eigenvalue weighted by atomic mass is 10.1. The zero-order valence-corrected chi connectivity index (χ0v) is 13.9. The number of hydrogen-bond acceptors (Lipinski definition) is 5. The van der Waals surface area contributed by atoms with Crippen LogP contribution < -0.4 is 9.46 Å². The van der Waals surface area contributed by atoms with Crippen LogP contribution in [0.25, 0.3) is 0 Å². The van der Waals surface area contributed by atoms with E-state index in [0.29, 0.717) is 11.5 Å². The first-order valence-electron chi connectivity index (χ1n) is 5.76. The SMILES string of the molecule is COc1ccc(S(=O)(=O)NCC(C)(O)CSC)cc1Cl. The van der Waals surface area contributed by atoms with Crippen molar-refractivity contribution in [2.75, 3.05) is 25.7 Å². The third-order valence-corrected chi connectivity index (χ3v) is 5.14. The number of thioether (sulfide) groups is 1. The Morgan fingerprint density at radius 3 is 2.65 bits per heavy atom. The van der Waals surface area contributed by atoms with Crippen LogP contribution in [0.2, 0.25) is 5.02 Å².